The van der Waals surface area contributed by atoms with Crippen LogP contribution < -0.4 is 47.2 Å². The Balaban J connectivity index is 1.05. The number of hydrogen-bond acceptors (Lipinski definition) is 17. The van der Waals surface area contributed by atoms with E-state index in [9.17, 15) is 53.1 Å². The average Bonchev–Trinajstić information content (AvgIpc) is 1.37. The minimum absolute atomic E-state index is 0.00367. The van der Waals surface area contributed by atoms with Gasteiger partial charge in [0, 0.05) is 67.7 Å². The van der Waals surface area contributed by atoms with Crippen molar-refractivity contribution >= 4 is 97.6 Å². The molecule has 8 N–H and O–H groups in total. The van der Waals surface area contributed by atoms with Gasteiger partial charge in [-0.05, 0) is 124 Å². The number of nitrogens with zero attached hydrogens (tertiary/aromatic N) is 2. The second-order valence-electron chi connectivity index (χ2n) is 25.2. The largest absolute Gasteiger partial charge is 0.505 e. The van der Waals surface area contributed by atoms with Crippen LogP contribution in [0.25, 0.3) is 33.0 Å². The maximum absolute atomic E-state index is 15.0. The standard InChI is InChI=1S/C70H84N8O16/c1-37(2)56(75-50(80)24-12-11-13-32-78-51(81)29-30-52(78)82)68(88)74-47(21-16-31-72-69(71)89)67(87)73-46-27-25-45(26-28-46)36-90-48-22-15-23-49-57(48)76-58-53-54-60(83)43(8)63-55(53)65(85)70(10,94-63)91-33-17-20-40(5)62(92-44(9)79)42(7)35-39(4)34-38(3)18-14-19-41(6)66(86)77-59(61(54)84)64(58)93-49/h14-15,17-19,22-23,25-30,33,37-40,42,47,56,62,84H,11-13,16,20-21,24,31-32,34-36H2,1-10H3,(H,73,87)(H,74,88)(H,75,80)(H,77,86)(H3,71,72,89)/b18-14+,33-17+,41-19-/t38-,39+,40+,42+,47-,56-,62+,70-/m0/s1. The molecule has 0 radical (unpaired) electrons. The summed E-state index contributed by atoms with van der Waals surface area (Å²) in [6, 6.07) is 8.63. The van der Waals surface area contributed by atoms with Crippen molar-refractivity contribution in [2.45, 2.75) is 158 Å². The zero-order valence-corrected chi connectivity index (χ0v) is 54.7. The molecule has 4 bridgehead atoms. The SMILES string of the molecule is CC(=O)O[C@@H]1[C@H](C)C/C=C/O[C@@]2(C)Oc3c(C)c(=O)c4c(O)c(c5oc6cccc(OCc7ccc(NC(=O)[C@H](CCCNC(N)=O)NC(=O)[C@@H](NC(=O)CCCCCN8C(=O)C=CC8=O)C(C)C)cc7)c6nc5c4c3C2=O)NC(=O)/C(C)=C\C=C\[C@H](C)C[C@@H](C)C[C@H]1C. The molecule has 3 aliphatic heterocycles. The van der Waals surface area contributed by atoms with Crippen LogP contribution in [0.3, 0.4) is 0 Å². The lowest BCUT2D eigenvalue weighted by Gasteiger charge is -2.30. The number of ether oxygens (including phenoxy) is 4. The Hall–Kier alpha value is -9.87. The van der Waals surface area contributed by atoms with Gasteiger partial charge in [-0.1, -0.05) is 84.4 Å². The highest BCUT2D eigenvalue weighted by atomic mass is 16.7. The first kappa shape index (κ1) is 70.0. The lowest BCUT2D eigenvalue weighted by Crippen LogP contribution is -2.54. The summed E-state index contributed by atoms with van der Waals surface area (Å²) in [6.07, 6.45) is 14.4. The first-order valence-electron chi connectivity index (χ1n) is 31.8. The molecule has 8 rings (SSSR count). The molecule has 0 unspecified atom stereocenters. The number of carbonyl (C=O) groups excluding carboxylic acids is 9. The predicted molar refractivity (Wildman–Crippen MR) is 352 cm³/mol. The summed E-state index contributed by atoms with van der Waals surface area (Å²) in [5.41, 5.74) is 5.31. The molecule has 1 aromatic heterocycles. The second kappa shape index (κ2) is 30.7. The number of esters is 1. The number of para-hydroxylation sites is 1. The molecule has 24 heteroatoms. The van der Waals surface area contributed by atoms with Crippen LogP contribution in [0.5, 0.6) is 17.2 Å². The van der Waals surface area contributed by atoms with E-state index >= 15 is 0 Å². The highest BCUT2D eigenvalue weighted by molar-refractivity contribution is 6.26. The number of urea groups is 1. The number of hydrogen-bond donors (Lipinski definition) is 7. The van der Waals surface area contributed by atoms with Crippen molar-refractivity contribution in [3.63, 3.8) is 0 Å². The fourth-order valence-electron chi connectivity index (χ4n) is 12.1. The molecule has 0 fully saturated rings. The van der Waals surface area contributed by atoms with Crippen molar-refractivity contribution in [1.29, 1.82) is 0 Å². The van der Waals surface area contributed by atoms with Crippen molar-refractivity contribution in [3.8, 4) is 17.2 Å². The molecule has 3 aliphatic rings. The number of ketones is 1. The summed E-state index contributed by atoms with van der Waals surface area (Å²) < 4.78 is 31.3. The zero-order valence-electron chi connectivity index (χ0n) is 54.7. The molecule has 4 aromatic carbocycles. The normalized spacial score (nSPS) is 22.1. The number of aromatic hydroxyl groups is 1. The summed E-state index contributed by atoms with van der Waals surface area (Å²) in [4.78, 5) is 138. The summed E-state index contributed by atoms with van der Waals surface area (Å²) >= 11 is 0. The number of anilines is 2. The third-order valence-corrected chi connectivity index (χ3v) is 17.0. The van der Waals surface area contributed by atoms with Crippen LogP contribution in [0.1, 0.15) is 142 Å². The Morgan fingerprint density at radius 2 is 1.61 bits per heavy atom. The van der Waals surface area contributed by atoms with E-state index in [1.54, 1.807) is 81.5 Å². The van der Waals surface area contributed by atoms with Gasteiger partial charge in [-0.25, -0.2) is 9.78 Å². The molecule has 0 saturated heterocycles. The van der Waals surface area contributed by atoms with E-state index in [2.05, 4.69) is 47.4 Å². The number of aromatic nitrogens is 1. The highest BCUT2D eigenvalue weighted by Gasteiger charge is 2.49. The first-order chi connectivity index (χ1) is 44.7. The molecule has 0 saturated carbocycles. The van der Waals surface area contributed by atoms with Crippen molar-refractivity contribution < 1.29 is 71.6 Å². The maximum Gasteiger partial charge on any atom is 0.312 e. The van der Waals surface area contributed by atoms with Crippen LogP contribution in [0.4, 0.5) is 16.2 Å². The van der Waals surface area contributed by atoms with Crippen LogP contribution in [-0.2, 0) is 49.6 Å². The van der Waals surface area contributed by atoms with E-state index in [-0.39, 0.29) is 147 Å². The molecule has 0 aliphatic carbocycles. The highest BCUT2D eigenvalue weighted by Crippen LogP contribution is 2.49. The maximum atomic E-state index is 15.0. The Labute approximate surface area is 544 Å². The second-order valence-corrected chi connectivity index (χ2v) is 25.2. The third-order valence-electron chi connectivity index (χ3n) is 17.0. The lowest BCUT2D eigenvalue weighted by molar-refractivity contribution is -0.152. The number of benzene rings is 4. The van der Waals surface area contributed by atoms with E-state index in [0.717, 1.165) is 17.7 Å². The van der Waals surface area contributed by atoms with E-state index in [4.69, 9.17) is 34.1 Å². The molecule has 24 nitrogen and oxygen atoms in total. The number of nitrogens with two attached hydrogens (primary N) is 1. The number of primary amides is 1. The van der Waals surface area contributed by atoms with Gasteiger partial charge in [0.1, 0.15) is 53.0 Å². The molecular formula is C70H84N8O16. The smallest absolute Gasteiger partial charge is 0.312 e. The van der Waals surface area contributed by atoms with Gasteiger partial charge in [-0.15, -0.1) is 0 Å². The lowest BCUT2D eigenvalue weighted by atomic mass is 9.82. The van der Waals surface area contributed by atoms with Gasteiger partial charge in [-0.3, -0.25) is 48.1 Å². The summed E-state index contributed by atoms with van der Waals surface area (Å²) in [6.45, 7) is 17.9. The predicted octanol–water partition coefficient (Wildman–Crippen LogP) is 9.51. The van der Waals surface area contributed by atoms with Crippen LogP contribution >= 0.6 is 0 Å². The number of allylic oxidation sites excluding steroid dienone is 4. The van der Waals surface area contributed by atoms with Crippen molar-refractivity contribution in [3.05, 3.63) is 118 Å². The van der Waals surface area contributed by atoms with E-state index < -0.39 is 76.6 Å². The first-order valence-corrected chi connectivity index (χ1v) is 31.8. The number of carbonyl (C=O) groups is 9. The minimum atomic E-state index is -2.02. The number of imide groups is 1. The third kappa shape index (κ3) is 16.7. The molecule has 8 amide bonds. The Kier molecular flexibility index (Phi) is 22.9. The van der Waals surface area contributed by atoms with Crippen LogP contribution in [0.2, 0.25) is 0 Å². The zero-order chi connectivity index (χ0) is 68.3. The quantitative estimate of drug-likeness (QED) is 0.00952. The molecule has 4 heterocycles. The minimum Gasteiger partial charge on any atom is -0.505 e. The van der Waals surface area contributed by atoms with Gasteiger partial charge < -0.3 is 60.8 Å². The molecule has 8 atom stereocenters. The van der Waals surface area contributed by atoms with Gasteiger partial charge in [0.25, 0.3) is 23.5 Å². The van der Waals surface area contributed by atoms with Gasteiger partial charge >= 0.3 is 17.8 Å². The van der Waals surface area contributed by atoms with Crippen LogP contribution in [0, 0.1) is 36.5 Å². The average molecular weight is 1290 g/mol. The molecule has 5 aromatic rings. The van der Waals surface area contributed by atoms with Gasteiger partial charge in [0.05, 0.1) is 17.2 Å². The van der Waals surface area contributed by atoms with Gasteiger partial charge in [0.2, 0.25) is 17.7 Å². The molecule has 94 heavy (non-hydrogen) atoms. The van der Waals surface area contributed by atoms with Crippen LogP contribution in [-0.4, -0.2) is 105 Å². The number of rotatable bonds is 20. The van der Waals surface area contributed by atoms with Gasteiger partial charge in [-0.2, -0.15) is 0 Å². The summed E-state index contributed by atoms with van der Waals surface area (Å²) in [5, 5.41) is 25.5. The molecule has 500 valence electrons. The van der Waals surface area contributed by atoms with E-state index in [1.165, 1.54) is 39.2 Å². The van der Waals surface area contributed by atoms with E-state index in [0.29, 0.717) is 36.9 Å². The number of nitrogens with one attached hydrogen (secondary N) is 5. The Morgan fingerprint density at radius 3 is 2.30 bits per heavy atom. The van der Waals surface area contributed by atoms with Crippen molar-refractivity contribution in [2.75, 3.05) is 23.7 Å². The summed E-state index contributed by atoms with van der Waals surface area (Å²) in [7, 11) is 0. The van der Waals surface area contributed by atoms with Crippen molar-refractivity contribution in [1.82, 2.24) is 25.8 Å². The number of phenolic OH excluding ortho intramolecular Hbond substituents is 1. The Morgan fingerprint density at radius 1 is 0.883 bits per heavy atom. The molecular weight excluding hydrogens is 1210 g/mol. The van der Waals surface area contributed by atoms with Crippen molar-refractivity contribution in [2.24, 2.45) is 35.3 Å². The van der Waals surface area contributed by atoms with Gasteiger partial charge in [0.15, 0.2) is 22.3 Å². The topological polar surface area (TPSA) is 343 Å². The van der Waals surface area contributed by atoms with E-state index in [1.807, 2.05) is 13.0 Å². The number of unbranched alkanes of at least 4 members (excludes halogenated alkanes) is 2. The number of amides is 8. The number of phenols is 1. The fourth-order valence-corrected chi connectivity index (χ4v) is 12.1. The van der Waals surface area contributed by atoms with Crippen LogP contribution in [0.15, 0.2) is 100.0 Å². The Bertz CT molecular complexity index is 3950. The molecule has 0 spiro atoms. The number of fused-ring (bicyclic) bond motifs is 2. The summed E-state index contributed by atoms with van der Waals surface area (Å²) in [5.74, 6) is -6.89. The fraction of sp³-hybridized carbons (Fsp3) is 0.443. The number of Topliss-reactive ketones (excluding diaryl/α,β-unsaturated/α-hetero) is 1. The monoisotopic (exact) mass is 1290 g/mol.